The van der Waals surface area contributed by atoms with E-state index in [0.29, 0.717) is 13.0 Å². The maximum atomic E-state index is 14.3. The van der Waals surface area contributed by atoms with Gasteiger partial charge in [-0.25, -0.2) is 0 Å². The Kier molecular flexibility index (Phi) is 8.44. The lowest BCUT2D eigenvalue weighted by Crippen LogP contribution is -2.47. The van der Waals surface area contributed by atoms with Crippen molar-refractivity contribution in [2.24, 2.45) is 11.3 Å². The number of anilines is 1. The molecule has 0 saturated heterocycles. The van der Waals surface area contributed by atoms with Gasteiger partial charge in [-0.05, 0) is 60.9 Å². The largest absolute Gasteiger partial charge is 0.333 e. The molecule has 4 rings (SSSR count). The second-order valence-corrected chi connectivity index (χ2v) is 12.1. The number of carbonyl (C=O) groups is 2. The fourth-order valence-electron chi connectivity index (χ4n) is 5.84. The zero-order valence-corrected chi connectivity index (χ0v) is 23.9. The highest BCUT2D eigenvalue weighted by Gasteiger charge is 2.37. The van der Waals surface area contributed by atoms with Crippen molar-refractivity contribution >= 4 is 17.5 Å². The lowest BCUT2D eigenvalue weighted by Gasteiger charge is -2.39. The minimum Gasteiger partial charge on any atom is -0.333 e. The quantitative estimate of drug-likeness (QED) is 0.301. The summed E-state index contributed by atoms with van der Waals surface area (Å²) >= 11 is 0. The van der Waals surface area contributed by atoms with E-state index in [-0.39, 0.29) is 35.7 Å². The molecule has 2 amide bonds. The Morgan fingerprint density at radius 2 is 1.74 bits per heavy atom. The van der Waals surface area contributed by atoms with Crippen LogP contribution in [0.5, 0.6) is 0 Å². The number of amides is 2. The molecule has 2 heterocycles. The van der Waals surface area contributed by atoms with Gasteiger partial charge in [0.15, 0.2) is 0 Å². The van der Waals surface area contributed by atoms with Gasteiger partial charge in [-0.1, -0.05) is 83.0 Å². The summed E-state index contributed by atoms with van der Waals surface area (Å²) in [4.78, 5) is 31.5. The third-order valence-corrected chi connectivity index (χ3v) is 7.29. The fraction of sp³-hybridized carbons (Fsp3) is 0.455. The zero-order valence-electron chi connectivity index (χ0n) is 23.9. The third kappa shape index (κ3) is 6.20. The molecular weight excluding hydrogens is 470 g/mol. The van der Waals surface area contributed by atoms with E-state index in [1.165, 1.54) is 0 Å². The number of unbranched alkanes of at least 4 members (excludes halogenated alkanes) is 1. The van der Waals surface area contributed by atoms with E-state index >= 15 is 0 Å². The zero-order chi connectivity index (χ0) is 27.4. The van der Waals surface area contributed by atoms with Crippen molar-refractivity contribution in [2.75, 3.05) is 18.0 Å². The average Bonchev–Trinajstić information content (AvgIpc) is 3.34. The second kappa shape index (κ2) is 11.6. The van der Waals surface area contributed by atoms with Gasteiger partial charge in [-0.3, -0.25) is 14.5 Å². The third-order valence-electron chi connectivity index (χ3n) is 7.29. The molecule has 5 heteroatoms. The summed E-state index contributed by atoms with van der Waals surface area (Å²) in [6.07, 6.45) is 5.36. The molecule has 2 atom stereocenters. The molecule has 1 aliphatic rings. The smallest absolute Gasteiger partial charge is 0.247 e. The topological polar surface area (TPSA) is 45.6 Å². The van der Waals surface area contributed by atoms with Crippen LogP contribution in [0.25, 0.3) is 5.69 Å². The molecule has 0 radical (unpaired) electrons. The summed E-state index contributed by atoms with van der Waals surface area (Å²) < 4.78 is 2.18. The Morgan fingerprint density at radius 1 is 1.00 bits per heavy atom. The molecule has 1 aromatic heterocycles. The van der Waals surface area contributed by atoms with Gasteiger partial charge >= 0.3 is 0 Å². The van der Waals surface area contributed by atoms with Gasteiger partial charge in [-0.15, -0.1) is 0 Å². The number of nitrogens with zero attached hydrogens (tertiary/aromatic N) is 3. The van der Waals surface area contributed by atoms with Crippen LogP contribution in [0, 0.1) is 18.3 Å². The summed E-state index contributed by atoms with van der Waals surface area (Å²) in [7, 11) is 0. The summed E-state index contributed by atoms with van der Waals surface area (Å²) in [5.74, 6) is 0.286. The Balaban J connectivity index is 1.68. The number of aromatic nitrogens is 1. The number of aryl methyl sites for hydroxylation is 1. The van der Waals surface area contributed by atoms with Crippen LogP contribution >= 0.6 is 0 Å². The Hall–Kier alpha value is -3.34. The molecule has 0 aliphatic carbocycles. The van der Waals surface area contributed by atoms with Crippen LogP contribution in [-0.4, -0.2) is 34.4 Å². The highest BCUT2D eigenvalue weighted by atomic mass is 16.2. The minimum atomic E-state index is -0.268. The van der Waals surface area contributed by atoms with Crippen molar-refractivity contribution < 1.29 is 9.59 Å². The number of benzene rings is 2. The molecule has 1 aliphatic heterocycles. The molecule has 0 N–H and O–H groups in total. The van der Waals surface area contributed by atoms with Crippen LogP contribution in [0.2, 0.25) is 0 Å². The molecule has 5 nitrogen and oxygen atoms in total. The van der Waals surface area contributed by atoms with Gasteiger partial charge in [0.1, 0.15) is 12.6 Å². The van der Waals surface area contributed by atoms with Gasteiger partial charge in [-0.2, -0.15) is 0 Å². The average molecular weight is 514 g/mol. The van der Waals surface area contributed by atoms with Crippen molar-refractivity contribution in [3.05, 3.63) is 83.7 Å². The minimum absolute atomic E-state index is 0.0515. The monoisotopic (exact) mass is 513 g/mol. The van der Waals surface area contributed by atoms with Crippen molar-refractivity contribution in [1.29, 1.82) is 0 Å². The first-order chi connectivity index (χ1) is 18.1. The van der Waals surface area contributed by atoms with Crippen LogP contribution in [0.4, 0.5) is 5.69 Å². The normalized spacial score (nSPS) is 15.5. The van der Waals surface area contributed by atoms with E-state index in [4.69, 9.17) is 0 Å². The van der Waals surface area contributed by atoms with E-state index in [9.17, 15) is 9.59 Å². The highest BCUT2D eigenvalue weighted by molar-refractivity contribution is 6.00. The number of para-hydroxylation sites is 2. The molecular formula is C33H43N3O2. The Morgan fingerprint density at radius 3 is 2.42 bits per heavy atom. The Bertz CT molecular complexity index is 1270. The molecule has 0 saturated carbocycles. The van der Waals surface area contributed by atoms with Gasteiger partial charge in [0, 0.05) is 19.2 Å². The number of carbonyl (C=O) groups excluding carboxylic acids is 2. The van der Waals surface area contributed by atoms with E-state index in [1.54, 1.807) is 4.90 Å². The first-order valence-corrected chi connectivity index (χ1v) is 14.0. The predicted octanol–water partition coefficient (Wildman–Crippen LogP) is 7.31. The summed E-state index contributed by atoms with van der Waals surface area (Å²) in [5.41, 5.74) is 5.29. The molecule has 0 fully saturated rings. The number of hydrogen-bond acceptors (Lipinski definition) is 2. The molecule has 3 aromatic rings. The van der Waals surface area contributed by atoms with E-state index in [1.807, 2.05) is 29.2 Å². The van der Waals surface area contributed by atoms with E-state index in [2.05, 4.69) is 88.7 Å². The first-order valence-electron chi connectivity index (χ1n) is 14.0. The summed E-state index contributed by atoms with van der Waals surface area (Å²) in [6, 6.07) is 20.3. The van der Waals surface area contributed by atoms with Crippen LogP contribution < -0.4 is 4.90 Å². The van der Waals surface area contributed by atoms with E-state index in [0.717, 1.165) is 47.5 Å². The van der Waals surface area contributed by atoms with Crippen molar-refractivity contribution in [3.8, 4) is 5.69 Å². The predicted molar refractivity (Wildman–Crippen MR) is 156 cm³/mol. The summed E-state index contributed by atoms with van der Waals surface area (Å²) in [6.45, 7) is 13.7. The lowest BCUT2D eigenvalue weighted by atomic mass is 9.84. The SMILES string of the molecule is CCCCN(CC(=O)N1c2ccccc2-n2cccc2C1c1cccc(C)c1)C(=O)CC(C)CC(C)(C)C. The lowest BCUT2D eigenvalue weighted by molar-refractivity contribution is -0.136. The van der Waals surface area contributed by atoms with Gasteiger partial charge < -0.3 is 9.47 Å². The van der Waals surface area contributed by atoms with Crippen LogP contribution in [0.3, 0.4) is 0 Å². The Labute approximate surface area is 228 Å². The van der Waals surface area contributed by atoms with Crippen molar-refractivity contribution in [1.82, 2.24) is 9.47 Å². The molecule has 38 heavy (non-hydrogen) atoms. The van der Waals surface area contributed by atoms with E-state index < -0.39 is 0 Å². The van der Waals surface area contributed by atoms with Crippen molar-refractivity contribution in [3.63, 3.8) is 0 Å². The maximum Gasteiger partial charge on any atom is 0.247 e. The number of hydrogen-bond donors (Lipinski definition) is 0. The molecule has 0 spiro atoms. The van der Waals surface area contributed by atoms with Crippen molar-refractivity contribution in [2.45, 2.75) is 73.3 Å². The first kappa shape index (κ1) is 27.7. The standard InChI is InChI=1S/C33H43N3O2/c1-7-8-18-34(30(37)21-25(3)22-33(4,5)6)23-31(38)36-28-16-10-9-15-27(28)35-19-12-17-29(35)32(36)26-14-11-13-24(2)20-26/h9-17,19-20,25,32H,7-8,18,21-23H2,1-6H3. The van der Waals surface area contributed by atoms with Crippen LogP contribution in [0.15, 0.2) is 66.9 Å². The molecule has 2 unspecified atom stereocenters. The van der Waals surface area contributed by atoms with Gasteiger partial charge in [0.05, 0.1) is 17.1 Å². The summed E-state index contributed by atoms with van der Waals surface area (Å²) in [5, 5.41) is 0. The fourth-order valence-corrected chi connectivity index (χ4v) is 5.84. The highest BCUT2D eigenvalue weighted by Crippen LogP contribution is 2.42. The number of rotatable bonds is 9. The maximum absolute atomic E-state index is 14.3. The van der Waals surface area contributed by atoms with Gasteiger partial charge in [0.2, 0.25) is 11.8 Å². The second-order valence-electron chi connectivity index (χ2n) is 12.1. The van der Waals surface area contributed by atoms with Crippen LogP contribution in [0.1, 0.15) is 83.2 Å². The molecule has 202 valence electrons. The number of fused-ring (bicyclic) bond motifs is 3. The molecule has 0 bridgehead atoms. The van der Waals surface area contributed by atoms with Crippen LogP contribution in [-0.2, 0) is 9.59 Å². The van der Waals surface area contributed by atoms with Gasteiger partial charge in [0.25, 0.3) is 0 Å². The molecule has 2 aromatic carbocycles.